The third kappa shape index (κ3) is 4.66. The third-order valence-electron chi connectivity index (χ3n) is 6.56. The van der Waals surface area contributed by atoms with Gasteiger partial charge >= 0.3 is 5.69 Å². The number of nitrogens with zero attached hydrogens (tertiary/aromatic N) is 3. The predicted molar refractivity (Wildman–Crippen MR) is 141 cm³/mol. The van der Waals surface area contributed by atoms with Crippen LogP contribution in [0.1, 0.15) is 36.6 Å². The summed E-state index contributed by atoms with van der Waals surface area (Å²) in [6, 6.07) is 9.11. The molecule has 2 atom stereocenters. The van der Waals surface area contributed by atoms with Crippen molar-refractivity contribution in [3.8, 4) is 16.9 Å². The van der Waals surface area contributed by atoms with Crippen molar-refractivity contribution in [3.05, 3.63) is 79.0 Å². The van der Waals surface area contributed by atoms with Crippen LogP contribution in [-0.4, -0.2) is 25.8 Å². The molecule has 0 spiro atoms. The summed E-state index contributed by atoms with van der Waals surface area (Å²) in [6.45, 7) is 4.25. The lowest BCUT2D eigenvalue weighted by Gasteiger charge is -2.21. The van der Waals surface area contributed by atoms with E-state index >= 15 is 0 Å². The highest BCUT2D eigenvalue weighted by Gasteiger charge is 2.33. The third-order valence-corrected chi connectivity index (χ3v) is 7.92. The molecule has 0 aliphatic heterocycles. The van der Waals surface area contributed by atoms with E-state index in [4.69, 9.17) is 22.1 Å². The number of pyridine rings is 1. The van der Waals surface area contributed by atoms with E-state index in [0.29, 0.717) is 5.02 Å². The van der Waals surface area contributed by atoms with Gasteiger partial charge < -0.3 is 15.0 Å². The van der Waals surface area contributed by atoms with E-state index < -0.39 is 0 Å². The van der Waals surface area contributed by atoms with Crippen LogP contribution in [0.5, 0.6) is 5.75 Å². The van der Waals surface area contributed by atoms with Gasteiger partial charge in [-0.05, 0) is 56.5 Å². The highest BCUT2D eigenvalue weighted by atomic mass is 35.5. The number of rotatable bonds is 5. The smallest absolute Gasteiger partial charge is 0.331 e. The largest absolute Gasteiger partial charge is 0.489 e. The number of nitrogens with two attached hydrogens (primary N) is 1. The van der Waals surface area contributed by atoms with Gasteiger partial charge in [-0.2, -0.15) is 0 Å². The molecule has 1 aromatic carbocycles. The Morgan fingerprint density at radius 3 is 2.80 bits per heavy atom. The normalized spacial score (nSPS) is 20.0. The Morgan fingerprint density at radius 2 is 2.06 bits per heavy atom. The number of hydrogen-bond acceptors (Lipinski definition) is 6. The van der Waals surface area contributed by atoms with Crippen LogP contribution < -0.4 is 21.7 Å². The van der Waals surface area contributed by atoms with Gasteiger partial charge in [0.1, 0.15) is 11.9 Å². The highest BCUT2D eigenvalue weighted by molar-refractivity contribution is 7.19. The summed E-state index contributed by atoms with van der Waals surface area (Å²) in [5.74, 6) is 0.799. The summed E-state index contributed by atoms with van der Waals surface area (Å²) in [4.78, 5) is 30.2. The Kier molecular flexibility index (Phi) is 6.07. The molecule has 35 heavy (non-hydrogen) atoms. The molecule has 5 rings (SSSR count). The van der Waals surface area contributed by atoms with Crippen LogP contribution in [-0.2, 0) is 13.6 Å². The van der Waals surface area contributed by atoms with E-state index in [-0.39, 0.29) is 29.4 Å². The monoisotopic (exact) mass is 510 g/mol. The average Bonchev–Trinajstić information content (AvgIpc) is 3.37. The summed E-state index contributed by atoms with van der Waals surface area (Å²) in [7, 11) is 1.63. The van der Waals surface area contributed by atoms with Gasteiger partial charge in [-0.15, -0.1) is 11.3 Å². The number of thiophene rings is 1. The summed E-state index contributed by atoms with van der Waals surface area (Å²) in [5.41, 5.74) is 9.05. The first-order chi connectivity index (χ1) is 16.6. The number of aromatic nitrogens is 3. The van der Waals surface area contributed by atoms with Gasteiger partial charge in [0, 0.05) is 58.5 Å². The van der Waals surface area contributed by atoms with E-state index in [1.165, 1.54) is 32.7 Å². The minimum atomic E-state index is -0.354. The van der Waals surface area contributed by atoms with Crippen molar-refractivity contribution in [2.45, 2.75) is 51.3 Å². The molecule has 3 aromatic heterocycles. The lowest BCUT2D eigenvalue weighted by atomic mass is 10.0. The maximum absolute atomic E-state index is 12.5. The van der Waals surface area contributed by atoms with Crippen molar-refractivity contribution in [3.63, 3.8) is 0 Å². The Hall–Kier alpha value is -2.94. The van der Waals surface area contributed by atoms with Crippen LogP contribution in [0.15, 0.2) is 52.3 Å². The maximum atomic E-state index is 12.5. The number of ether oxygens (including phenoxy) is 1. The second-order valence-corrected chi connectivity index (χ2v) is 11.2. The van der Waals surface area contributed by atoms with E-state index in [9.17, 15) is 9.59 Å². The average molecular weight is 511 g/mol. The minimum Gasteiger partial charge on any atom is -0.489 e. The SMILES string of the molecule is Cc1cc(Cl)cc(-c2ccnc3cc(Cn4c(=O)ccn(C)c4=O)sc23)c1O[C@@H]1CC[C@](C)(N)C1. The molecule has 7 nitrogen and oxygen atoms in total. The molecule has 4 aromatic rings. The molecule has 0 bridgehead atoms. The number of hydrogen-bond donors (Lipinski definition) is 1. The molecule has 1 aliphatic rings. The van der Waals surface area contributed by atoms with Gasteiger partial charge in [0.2, 0.25) is 0 Å². The van der Waals surface area contributed by atoms with Crippen LogP contribution in [0.25, 0.3) is 21.3 Å². The van der Waals surface area contributed by atoms with Crippen molar-refractivity contribution in [2.24, 2.45) is 12.8 Å². The van der Waals surface area contributed by atoms with Crippen LogP contribution in [0.2, 0.25) is 5.02 Å². The van der Waals surface area contributed by atoms with E-state index in [2.05, 4.69) is 11.9 Å². The Balaban J connectivity index is 1.58. The minimum absolute atomic E-state index is 0.0426. The van der Waals surface area contributed by atoms with Crippen molar-refractivity contribution in [1.29, 1.82) is 0 Å². The molecular formula is C26H27ClN4O3S. The van der Waals surface area contributed by atoms with Gasteiger partial charge in [0.25, 0.3) is 5.56 Å². The van der Waals surface area contributed by atoms with Crippen molar-refractivity contribution < 1.29 is 4.74 Å². The summed E-state index contributed by atoms with van der Waals surface area (Å²) >= 11 is 8.00. The standard InChI is InChI=1S/C26H27ClN4O3S/c1-15-10-16(27)11-20(23(15)34-17-4-7-26(2,28)13-17)19-5-8-29-21-12-18(35-24(19)21)14-31-22(32)6-9-30(3)25(31)33/h5-6,8-12,17H,4,7,13-14,28H2,1-3H3/t17-,26+/m1/s1. The first-order valence-corrected chi connectivity index (χ1v) is 12.7. The fraction of sp³-hybridized carbons (Fsp3) is 0.346. The first-order valence-electron chi connectivity index (χ1n) is 11.5. The quantitative estimate of drug-likeness (QED) is 0.427. The van der Waals surface area contributed by atoms with E-state index in [1.54, 1.807) is 13.2 Å². The molecule has 9 heteroatoms. The van der Waals surface area contributed by atoms with Crippen molar-refractivity contribution >= 4 is 33.2 Å². The Labute approximate surface area is 211 Å². The molecule has 0 unspecified atom stereocenters. The first kappa shape index (κ1) is 23.8. The second-order valence-electron chi connectivity index (χ2n) is 9.66. The summed E-state index contributed by atoms with van der Waals surface area (Å²) < 4.78 is 10.1. The Bertz CT molecular complexity index is 1550. The molecule has 1 aliphatic carbocycles. The molecule has 1 saturated carbocycles. The molecule has 0 saturated heterocycles. The van der Waals surface area contributed by atoms with Crippen LogP contribution in [0.4, 0.5) is 0 Å². The Morgan fingerprint density at radius 1 is 1.26 bits per heavy atom. The van der Waals surface area contributed by atoms with Crippen LogP contribution in [0.3, 0.4) is 0 Å². The number of fused-ring (bicyclic) bond motifs is 1. The predicted octanol–water partition coefficient (Wildman–Crippen LogP) is 4.48. The summed E-state index contributed by atoms with van der Waals surface area (Å²) in [6.07, 6.45) is 5.90. The van der Waals surface area contributed by atoms with Gasteiger partial charge in [-0.1, -0.05) is 11.6 Å². The van der Waals surface area contributed by atoms with Crippen LogP contribution >= 0.6 is 22.9 Å². The fourth-order valence-electron chi connectivity index (χ4n) is 4.76. The molecule has 2 N–H and O–H groups in total. The molecule has 182 valence electrons. The number of benzene rings is 1. The highest BCUT2D eigenvalue weighted by Crippen LogP contribution is 2.43. The van der Waals surface area contributed by atoms with Gasteiger partial charge in [0.05, 0.1) is 16.8 Å². The topological polar surface area (TPSA) is 92.1 Å². The summed E-state index contributed by atoms with van der Waals surface area (Å²) in [5, 5.41) is 0.626. The number of aryl methyl sites for hydroxylation is 2. The zero-order valence-corrected chi connectivity index (χ0v) is 21.4. The molecule has 1 fully saturated rings. The van der Waals surface area contributed by atoms with Gasteiger partial charge in [0.15, 0.2) is 0 Å². The molecule has 3 heterocycles. The van der Waals surface area contributed by atoms with Gasteiger partial charge in [-0.25, -0.2) is 4.79 Å². The van der Waals surface area contributed by atoms with E-state index in [0.717, 1.165) is 56.8 Å². The lowest BCUT2D eigenvalue weighted by molar-refractivity contribution is 0.201. The zero-order chi connectivity index (χ0) is 24.9. The van der Waals surface area contributed by atoms with Crippen molar-refractivity contribution in [1.82, 2.24) is 14.1 Å². The van der Waals surface area contributed by atoms with Crippen LogP contribution in [0, 0.1) is 6.92 Å². The second kappa shape index (κ2) is 8.93. The van der Waals surface area contributed by atoms with Gasteiger partial charge in [-0.3, -0.25) is 14.3 Å². The maximum Gasteiger partial charge on any atom is 0.331 e. The zero-order valence-electron chi connectivity index (χ0n) is 19.9. The van der Waals surface area contributed by atoms with Crippen molar-refractivity contribution in [2.75, 3.05) is 0 Å². The lowest BCUT2D eigenvalue weighted by Crippen LogP contribution is -2.37. The molecule has 0 amide bonds. The number of halogens is 1. The molecular weight excluding hydrogens is 484 g/mol. The van der Waals surface area contributed by atoms with E-state index in [1.807, 2.05) is 31.2 Å². The fourth-order valence-corrected chi connectivity index (χ4v) is 6.16. The molecule has 0 radical (unpaired) electrons.